The second-order valence-electron chi connectivity index (χ2n) is 8.32. The summed E-state index contributed by atoms with van der Waals surface area (Å²) in [6.07, 6.45) is 1.55. The van der Waals surface area contributed by atoms with Crippen LogP contribution >= 0.6 is 27.7 Å². The fraction of sp³-hybridized carbons (Fsp3) is 0.179. The van der Waals surface area contributed by atoms with Crippen molar-refractivity contribution in [1.82, 2.24) is 4.90 Å². The van der Waals surface area contributed by atoms with Gasteiger partial charge in [0.05, 0.1) is 11.5 Å². The Bertz CT molecular complexity index is 1430. The molecule has 1 N–H and O–H groups in total. The lowest BCUT2D eigenvalue weighted by Crippen LogP contribution is -2.36. The van der Waals surface area contributed by atoms with Crippen molar-refractivity contribution in [2.75, 3.05) is 18.5 Å². The Balaban J connectivity index is 1.50. The van der Waals surface area contributed by atoms with Crippen LogP contribution in [0.15, 0.2) is 70.0 Å². The van der Waals surface area contributed by atoms with Gasteiger partial charge >= 0.3 is 0 Å². The van der Waals surface area contributed by atoms with E-state index in [1.54, 1.807) is 54.6 Å². The van der Waals surface area contributed by atoms with Crippen LogP contribution < -0.4 is 14.8 Å². The summed E-state index contributed by atoms with van der Waals surface area (Å²) in [5.74, 6) is -0.626. The number of thioether (sulfide) groups is 1. The predicted octanol–water partition coefficient (Wildman–Crippen LogP) is 6.55. The zero-order valence-corrected chi connectivity index (χ0v) is 23.0. The molecule has 0 bridgehead atoms. The molecule has 0 radical (unpaired) electrons. The Labute approximate surface area is 232 Å². The quantitative estimate of drug-likeness (QED) is 0.281. The molecule has 38 heavy (non-hydrogen) atoms. The van der Waals surface area contributed by atoms with Crippen molar-refractivity contribution >= 4 is 56.5 Å². The van der Waals surface area contributed by atoms with Gasteiger partial charge in [-0.2, -0.15) is 0 Å². The van der Waals surface area contributed by atoms with Gasteiger partial charge in [-0.25, -0.2) is 4.39 Å². The smallest absolute Gasteiger partial charge is 0.294 e. The van der Waals surface area contributed by atoms with Gasteiger partial charge in [-0.1, -0.05) is 46.3 Å². The molecule has 4 rings (SSSR count). The SMILES string of the molecule is CCOc1cc(/C=C2\SC(=O)N(CC(=O)Nc3cccc(C)c3)C2=O)c(Br)cc1OCc1ccccc1F. The van der Waals surface area contributed by atoms with E-state index in [2.05, 4.69) is 21.2 Å². The van der Waals surface area contributed by atoms with Crippen molar-refractivity contribution in [2.45, 2.75) is 20.5 Å². The molecule has 0 atom stereocenters. The molecule has 3 amide bonds. The molecular formula is C28H24BrFN2O5S. The molecule has 196 valence electrons. The van der Waals surface area contributed by atoms with E-state index in [0.29, 0.717) is 39.4 Å². The van der Waals surface area contributed by atoms with E-state index >= 15 is 0 Å². The normalized spacial score (nSPS) is 14.2. The Kier molecular flexibility index (Phi) is 8.85. The van der Waals surface area contributed by atoms with E-state index in [1.165, 1.54) is 6.07 Å². The number of carbonyl (C=O) groups excluding carboxylic acids is 3. The molecule has 0 saturated carbocycles. The Morgan fingerprint density at radius 3 is 2.58 bits per heavy atom. The van der Waals surface area contributed by atoms with Crippen LogP contribution in [0.4, 0.5) is 14.9 Å². The summed E-state index contributed by atoms with van der Waals surface area (Å²) in [5.41, 5.74) is 2.52. The van der Waals surface area contributed by atoms with Crippen molar-refractivity contribution in [2.24, 2.45) is 0 Å². The Morgan fingerprint density at radius 1 is 1.08 bits per heavy atom. The number of carbonyl (C=O) groups is 3. The number of halogens is 2. The highest BCUT2D eigenvalue weighted by Crippen LogP contribution is 2.38. The standard InChI is InChI=1S/C28H24BrFN2O5S/c1-3-36-23-12-19(21(29)14-24(23)37-16-18-8-4-5-10-22(18)30)13-25-27(34)32(28(35)38-25)15-26(33)31-20-9-6-7-17(2)11-20/h4-14H,3,15-16H2,1-2H3,(H,31,33)/b25-13-. The van der Waals surface area contributed by atoms with E-state index < -0.39 is 23.6 Å². The number of hydrogen-bond acceptors (Lipinski definition) is 6. The summed E-state index contributed by atoms with van der Waals surface area (Å²) >= 11 is 4.23. The van der Waals surface area contributed by atoms with Crippen LogP contribution in [0.2, 0.25) is 0 Å². The van der Waals surface area contributed by atoms with Gasteiger partial charge in [0.15, 0.2) is 11.5 Å². The van der Waals surface area contributed by atoms with E-state index in [-0.39, 0.29) is 17.3 Å². The lowest BCUT2D eigenvalue weighted by molar-refractivity contribution is -0.127. The first kappa shape index (κ1) is 27.4. The van der Waals surface area contributed by atoms with Gasteiger partial charge < -0.3 is 14.8 Å². The zero-order chi connectivity index (χ0) is 27.2. The van der Waals surface area contributed by atoms with E-state index in [9.17, 15) is 18.8 Å². The maximum absolute atomic E-state index is 14.0. The molecular weight excluding hydrogens is 575 g/mol. The number of aryl methyl sites for hydroxylation is 1. The molecule has 1 fully saturated rings. The fourth-order valence-electron chi connectivity index (χ4n) is 3.66. The number of anilines is 1. The number of nitrogens with one attached hydrogen (secondary N) is 1. The van der Waals surface area contributed by atoms with Gasteiger partial charge in [-0.15, -0.1) is 0 Å². The number of hydrogen-bond donors (Lipinski definition) is 1. The zero-order valence-electron chi connectivity index (χ0n) is 20.6. The molecule has 3 aromatic rings. The summed E-state index contributed by atoms with van der Waals surface area (Å²) in [6.45, 7) is 3.67. The summed E-state index contributed by atoms with van der Waals surface area (Å²) < 4.78 is 26.1. The summed E-state index contributed by atoms with van der Waals surface area (Å²) in [7, 11) is 0. The largest absolute Gasteiger partial charge is 0.490 e. The van der Waals surface area contributed by atoms with Crippen molar-refractivity contribution in [3.8, 4) is 11.5 Å². The van der Waals surface area contributed by atoms with Crippen molar-refractivity contribution in [3.63, 3.8) is 0 Å². The van der Waals surface area contributed by atoms with Gasteiger partial charge in [-0.05, 0) is 73.1 Å². The highest BCUT2D eigenvalue weighted by molar-refractivity contribution is 9.10. The van der Waals surface area contributed by atoms with Crippen molar-refractivity contribution in [1.29, 1.82) is 0 Å². The number of ether oxygens (including phenoxy) is 2. The molecule has 3 aromatic carbocycles. The molecule has 1 heterocycles. The molecule has 1 saturated heterocycles. The van der Waals surface area contributed by atoms with Gasteiger partial charge in [0.1, 0.15) is 19.0 Å². The van der Waals surface area contributed by atoms with Gasteiger partial charge in [0, 0.05) is 15.7 Å². The molecule has 0 aromatic heterocycles. The van der Waals surface area contributed by atoms with Gasteiger partial charge in [0.25, 0.3) is 11.1 Å². The molecule has 10 heteroatoms. The molecule has 1 aliphatic heterocycles. The van der Waals surface area contributed by atoms with Crippen LogP contribution in [-0.2, 0) is 16.2 Å². The second kappa shape index (κ2) is 12.3. The number of benzene rings is 3. The van der Waals surface area contributed by atoms with E-state index in [1.807, 2.05) is 19.9 Å². The lowest BCUT2D eigenvalue weighted by atomic mass is 10.1. The first-order chi connectivity index (χ1) is 18.2. The highest BCUT2D eigenvalue weighted by Gasteiger charge is 2.36. The maximum atomic E-state index is 14.0. The number of nitrogens with zero attached hydrogens (tertiary/aromatic N) is 1. The molecule has 0 unspecified atom stereocenters. The van der Waals surface area contributed by atoms with Crippen LogP contribution in [0.25, 0.3) is 6.08 Å². The first-order valence-electron chi connectivity index (χ1n) is 11.7. The first-order valence-corrected chi connectivity index (χ1v) is 13.3. The maximum Gasteiger partial charge on any atom is 0.294 e. The second-order valence-corrected chi connectivity index (χ2v) is 10.2. The molecule has 1 aliphatic rings. The van der Waals surface area contributed by atoms with Crippen LogP contribution in [0.1, 0.15) is 23.6 Å². The number of imide groups is 1. The fourth-order valence-corrected chi connectivity index (χ4v) is 4.92. The Morgan fingerprint density at radius 2 is 1.84 bits per heavy atom. The average molecular weight is 599 g/mol. The van der Waals surface area contributed by atoms with Gasteiger partial charge in [0.2, 0.25) is 5.91 Å². The lowest BCUT2D eigenvalue weighted by Gasteiger charge is -2.15. The predicted molar refractivity (Wildman–Crippen MR) is 149 cm³/mol. The minimum atomic E-state index is -0.566. The number of amides is 3. The van der Waals surface area contributed by atoms with Crippen molar-refractivity contribution in [3.05, 3.63) is 92.5 Å². The minimum Gasteiger partial charge on any atom is -0.490 e. The molecule has 0 spiro atoms. The third-order valence-corrected chi connectivity index (χ3v) is 7.06. The summed E-state index contributed by atoms with van der Waals surface area (Å²) in [4.78, 5) is 39.1. The van der Waals surface area contributed by atoms with Crippen LogP contribution in [-0.4, -0.2) is 35.1 Å². The minimum absolute atomic E-state index is 0.00202. The monoisotopic (exact) mass is 598 g/mol. The third kappa shape index (κ3) is 6.62. The van der Waals surface area contributed by atoms with Crippen LogP contribution in [0, 0.1) is 12.7 Å². The summed E-state index contributed by atoms with van der Waals surface area (Å²) in [6, 6.07) is 16.9. The topological polar surface area (TPSA) is 84.9 Å². The van der Waals surface area contributed by atoms with Crippen molar-refractivity contribution < 1.29 is 28.2 Å². The number of rotatable bonds is 9. The van der Waals surface area contributed by atoms with Crippen LogP contribution in [0.5, 0.6) is 11.5 Å². The van der Waals surface area contributed by atoms with Crippen LogP contribution in [0.3, 0.4) is 0 Å². The highest BCUT2D eigenvalue weighted by atomic mass is 79.9. The van der Waals surface area contributed by atoms with Gasteiger partial charge in [-0.3, -0.25) is 19.3 Å². The molecule has 7 nitrogen and oxygen atoms in total. The third-order valence-electron chi connectivity index (χ3n) is 5.47. The van der Waals surface area contributed by atoms with E-state index in [0.717, 1.165) is 22.2 Å². The molecule has 0 aliphatic carbocycles. The Hall–Kier alpha value is -3.63. The summed E-state index contributed by atoms with van der Waals surface area (Å²) in [5, 5.41) is 2.17. The average Bonchev–Trinajstić information content (AvgIpc) is 3.13. The van der Waals surface area contributed by atoms with E-state index in [4.69, 9.17) is 9.47 Å².